The zero-order valence-electron chi connectivity index (χ0n) is 10.4. The Morgan fingerprint density at radius 2 is 2.11 bits per heavy atom. The van der Waals surface area contributed by atoms with Crippen molar-refractivity contribution in [1.82, 2.24) is 9.88 Å². The maximum atomic E-state index is 10.8. The lowest BCUT2D eigenvalue weighted by Gasteiger charge is -2.17. The Morgan fingerprint density at radius 3 is 2.67 bits per heavy atom. The molecule has 6 nitrogen and oxygen atoms in total. The van der Waals surface area contributed by atoms with E-state index < -0.39 is 4.92 Å². The first kappa shape index (κ1) is 14.7. The summed E-state index contributed by atoms with van der Waals surface area (Å²) < 4.78 is 5.33. The molecule has 0 unspecified atom stereocenters. The molecule has 0 bridgehead atoms. The first-order valence-electron chi connectivity index (χ1n) is 5.74. The van der Waals surface area contributed by atoms with Gasteiger partial charge in [-0.2, -0.15) is 4.98 Å². The highest BCUT2D eigenvalue weighted by Gasteiger charge is 2.17. The number of nitro groups is 1. The lowest BCUT2D eigenvalue weighted by atomic mass is 10.4. The Morgan fingerprint density at radius 1 is 1.44 bits per heavy atom. The lowest BCUT2D eigenvalue weighted by Crippen LogP contribution is -2.28. The van der Waals surface area contributed by atoms with Crippen LogP contribution in [0.15, 0.2) is 12.1 Å². The number of rotatable bonds is 7. The Hall–Kier alpha value is -1.40. The summed E-state index contributed by atoms with van der Waals surface area (Å²) in [5, 5.41) is 11.0. The van der Waals surface area contributed by atoms with Crippen LogP contribution < -0.4 is 4.74 Å². The minimum Gasteiger partial charge on any atom is -0.471 e. The smallest absolute Gasteiger partial charge is 0.331 e. The lowest BCUT2D eigenvalue weighted by molar-refractivity contribution is -0.386. The molecule has 0 atom stereocenters. The van der Waals surface area contributed by atoms with Crippen LogP contribution in [0.1, 0.15) is 13.8 Å². The maximum Gasteiger partial charge on any atom is 0.331 e. The summed E-state index contributed by atoms with van der Waals surface area (Å²) in [4.78, 5) is 16.2. The highest BCUT2D eigenvalue weighted by atomic mass is 35.5. The van der Waals surface area contributed by atoms with E-state index >= 15 is 0 Å². The molecule has 0 fully saturated rings. The molecule has 1 aromatic rings. The fraction of sp³-hybridized carbons (Fsp3) is 0.545. The van der Waals surface area contributed by atoms with Gasteiger partial charge in [0.05, 0.1) is 4.92 Å². The van der Waals surface area contributed by atoms with Crippen LogP contribution >= 0.6 is 11.6 Å². The van der Waals surface area contributed by atoms with Gasteiger partial charge in [-0.05, 0) is 19.2 Å². The molecule has 0 aliphatic heterocycles. The van der Waals surface area contributed by atoms with Crippen molar-refractivity contribution in [3.8, 4) is 5.88 Å². The van der Waals surface area contributed by atoms with E-state index in [2.05, 4.69) is 9.88 Å². The first-order chi connectivity index (χ1) is 8.58. The van der Waals surface area contributed by atoms with Crippen LogP contribution in [0.2, 0.25) is 5.15 Å². The largest absolute Gasteiger partial charge is 0.471 e. The van der Waals surface area contributed by atoms with E-state index in [9.17, 15) is 10.1 Å². The van der Waals surface area contributed by atoms with Gasteiger partial charge in [-0.15, -0.1) is 0 Å². The molecule has 1 aromatic heterocycles. The summed E-state index contributed by atoms with van der Waals surface area (Å²) in [6.45, 7) is 6.94. The second kappa shape index (κ2) is 7.13. The van der Waals surface area contributed by atoms with E-state index in [1.165, 1.54) is 12.1 Å². The minimum absolute atomic E-state index is 0.0281. The van der Waals surface area contributed by atoms with Crippen molar-refractivity contribution >= 4 is 17.3 Å². The van der Waals surface area contributed by atoms with Crippen molar-refractivity contribution in [2.45, 2.75) is 13.8 Å². The van der Waals surface area contributed by atoms with Crippen LogP contribution in [0.3, 0.4) is 0 Å². The van der Waals surface area contributed by atoms with E-state index in [4.69, 9.17) is 16.3 Å². The van der Waals surface area contributed by atoms with Gasteiger partial charge in [0.15, 0.2) is 0 Å². The van der Waals surface area contributed by atoms with Crippen molar-refractivity contribution in [1.29, 1.82) is 0 Å². The van der Waals surface area contributed by atoms with Gasteiger partial charge in [0, 0.05) is 12.6 Å². The van der Waals surface area contributed by atoms with E-state index in [0.717, 1.165) is 13.1 Å². The van der Waals surface area contributed by atoms with Crippen LogP contribution in [0, 0.1) is 10.1 Å². The summed E-state index contributed by atoms with van der Waals surface area (Å²) in [7, 11) is 0. The molecule has 0 aliphatic carbocycles. The van der Waals surface area contributed by atoms with Gasteiger partial charge >= 0.3 is 5.69 Å². The highest BCUT2D eigenvalue weighted by Crippen LogP contribution is 2.25. The number of hydrogen-bond acceptors (Lipinski definition) is 5. The molecular weight excluding hydrogens is 258 g/mol. The molecule has 0 aromatic carbocycles. The summed E-state index contributed by atoms with van der Waals surface area (Å²) in [6, 6.07) is 2.67. The molecule has 0 radical (unpaired) electrons. The van der Waals surface area contributed by atoms with E-state index in [0.29, 0.717) is 13.2 Å². The molecule has 0 saturated heterocycles. The summed E-state index contributed by atoms with van der Waals surface area (Å²) in [6.07, 6.45) is 0. The van der Waals surface area contributed by atoms with E-state index in [-0.39, 0.29) is 16.7 Å². The summed E-state index contributed by atoms with van der Waals surface area (Å²) >= 11 is 5.69. The number of nitrogens with zero attached hydrogens (tertiary/aromatic N) is 3. The zero-order valence-corrected chi connectivity index (χ0v) is 11.2. The van der Waals surface area contributed by atoms with Gasteiger partial charge in [0.1, 0.15) is 11.8 Å². The van der Waals surface area contributed by atoms with Crippen LogP contribution in [-0.4, -0.2) is 41.0 Å². The Balaban J connectivity index is 2.66. The van der Waals surface area contributed by atoms with E-state index in [1.54, 1.807) is 0 Å². The van der Waals surface area contributed by atoms with Crippen LogP contribution in [0.25, 0.3) is 0 Å². The average molecular weight is 274 g/mol. The normalized spacial score (nSPS) is 10.7. The standard InChI is InChI=1S/C11H16ClN3O3/c1-3-14(4-2)7-8-18-11-9(15(16)17)5-6-10(12)13-11/h5-6H,3-4,7-8H2,1-2H3. The predicted molar refractivity (Wildman–Crippen MR) is 69.2 cm³/mol. The van der Waals surface area contributed by atoms with Crippen molar-refractivity contribution in [3.05, 3.63) is 27.4 Å². The second-order valence-electron chi connectivity index (χ2n) is 3.59. The molecule has 1 rings (SSSR count). The molecule has 7 heteroatoms. The SMILES string of the molecule is CCN(CC)CCOc1nc(Cl)ccc1[N+](=O)[O-]. The molecule has 0 saturated carbocycles. The Kier molecular flexibility index (Phi) is 5.80. The quantitative estimate of drug-likeness (QED) is 0.433. The number of hydrogen-bond donors (Lipinski definition) is 0. The molecule has 18 heavy (non-hydrogen) atoms. The third-order valence-electron chi connectivity index (χ3n) is 2.54. The fourth-order valence-corrected chi connectivity index (χ4v) is 1.61. The van der Waals surface area contributed by atoms with Crippen molar-refractivity contribution in [2.75, 3.05) is 26.2 Å². The number of likely N-dealkylation sites (N-methyl/N-ethyl adjacent to an activating group) is 1. The highest BCUT2D eigenvalue weighted by molar-refractivity contribution is 6.29. The molecular formula is C11H16ClN3O3. The maximum absolute atomic E-state index is 10.8. The summed E-state index contributed by atoms with van der Waals surface area (Å²) in [5.74, 6) is -0.0281. The van der Waals surface area contributed by atoms with Crippen molar-refractivity contribution < 1.29 is 9.66 Å². The number of halogens is 1. The molecule has 100 valence electrons. The number of pyridine rings is 1. The number of aromatic nitrogens is 1. The molecule has 0 N–H and O–H groups in total. The van der Waals surface area contributed by atoms with Gasteiger partial charge in [-0.3, -0.25) is 10.1 Å². The van der Waals surface area contributed by atoms with Gasteiger partial charge < -0.3 is 9.64 Å². The Bertz CT molecular complexity index is 411. The third kappa shape index (κ3) is 4.12. The second-order valence-corrected chi connectivity index (χ2v) is 3.98. The molecule has 0 spiro atoms. The summed E-state index contributed by atoms with van der Waals surface area (Å²) in [5.41, 5.74) is -0.168. The van der Waals surface area contributed by atoms with Crippen molar-refractivity contribution in [3.63, 3.8) is 0 Å². The average Bonchev–Trinajstić information content (AvgIpc) is 2.34. The topological polar surface area (TPSA) is 68.5 Å². The Labute approximate surface area is 111 Å². The van der Waals surface area contributed by atoms with Gasteiger partial charge in [-0.1, -0.05) is 25.4 Å². The molecule has 1 heterocycles. The van der Waals surface area contributed by atoms with Gasteiger partial charge in [0.25, 0.3) is 5.88 Å². The number of ether oxygens (including phenoxy) is 1. The monoisotopic (exact) mass is 273 g/mol. The van der Waals surface area contributed by atoms with E-state index in [1.807, 2.05) is 13.8 Å². The molecule has 0 aliphatic rings. The van der Waals surface area contributed by atoms with Crippen LogP contribution in [0.5, 0.6) is 5.88 Å². The minimum atomic E-state index is -0.532. The van der Waals surface area contributed by atoms with Crippen molar-refractivity contribution in [2.24, 2.45) is 0 Å². The molecule has 0 amide bonds. The third-order valence-corrected chi connectivity index (χ3v) is 2.75. The van der Waals surface area contributed by atoms with Crippen LogP contribution in [0.4, 0.5) is 5.69 Å². The fourth-order valence-electron chi connectivity index (χ4n) is 1.47. The predicted octanol–water partition coefficient (Wildman–Crippen LogP) is 2.36. The van der Waals surface area contributed by atoms with Gasteiger partial charge in [0.2, 0.25) is 0 Å². The first-order valence-corrected chi connectivity index (χ1v) is 6.12. The van der Waals surface area contributed by atoms with Crippen LogP contribution in [-0.2, 0) is 0 Å². The van der Waals surface area contributed by atoms with Gasteiger partial charge in [-0.25, -0.2) is 0 Å². The zero-order chi connectivity index (χ0) is 13.5.